The molecule has 148 valence electrons. The number of likely N-dealkylation sites (tertiary alicyclic amines) is 1. The average Bonchev–Trinajstić information content (AvgIpc) is 3.14. The topological polar surface area (TPSA) is 97.4 Å². The van der Waals surface area contributed by atoms with Crippen LogP contribution in [0.2, 0.25) is 0 Å². The van der Waals surface area contributed by atoms with Crippen LogP contribution in [-0.4, -0.2) is 40.7 Å². The van der Waals surface area contributed by atoms with Crippen LogP contribution in [0.1, 0.15) is 12.8 Å². The zero-order valence-electron chi connectivity index (χ0n) is 15.0. The lowest BCUT2D eigenvalue weighted by Gasteiger charge is -2.28. The summed E-state index contributed by atoms with van der Waals surface area (Å²) in [6, 6.07) is 7.04. The molecule has 1 fully saturated rings. The van der Waals surface area contributed by atoms with Gasteiger partial charge < -0.3 is 16.0 Å². The highest BCUT2D eigenvalue weighted by molar-refractivity contribution is 5.93. The van der Waals surface area contributed by atoms with Crippen LogP contribution in [0.4, 0.5) is 19.3 Å². The Morgan fingerprint density at radius 2 is 2.07 bits per heavy atom. The second-order valence-corrected chi connectivity index (χ2v) is 6.56. The van der Waals surface area contributed by atoms with Crippen molar-refractivity contribution >= 4 is 17.6 Å². The summed E-state index contributed by atoms with van der Waals surface area (Å²) >= 11 is 0. The number of halogens is 2. The predicted octanol–water partition coefficient (Wildman–Crippen LogP) is 2.04. The van der Waals surface area contributed by atoms with Gasteiger partial charge in [0.1, 0.15) is 12.5 Å². The van der Waals surface area contributed by atoms with Crippen LogP contribution in [0.3, 0.4) is 0 Å². The number of benzene rings is 1. The van der Waals surface area contributed by atoms with E-state index in [1.807, 2.05) is 0 Å². The summed E-state index contributed by atoms with van der Waals surface area (Å²) in [5.74, 6) is -2.65. The first-order valence-electron chi connectivity index (χ1n) is 8.83. The lowest BCUT2D eigenvalue weighted by atomic mass is 9.97. The molecule has 3 amide bonds. The Kier molecular flexibility index (Phi) is 5.72. The average molecular weight is 390 g/mol. The SMILES string of the molecule is NC(=O)N1CCC[C@H]1C(CF)C(=O)Nc1ccc(-n2ccccc2=O)cc1F. The van der Waals surface area contributed by atoms with E-state index in [4.69, 9.17) is 5.73 Å². The van der Waals surface area contributed by atoms with Crippen LogP contribution in [0.5, 0.6) is 0 Å². The number of nitrogens with two attached hydrogens (primary N) is 1. The molecule has 28 heavy (non-hydrogen) atoms. The first kappa shape index (κ1) is 19.5. The van der Waals surface area contributed by atoms with Crippen LogP contribution in [-0.2, 0) is 4.79 Å². The number of carbonyl (C=O) groups is 2. The molecule has 0 bridgehead atoms. The van der Waals surface area contributed by atoms with Crippen LogP contribution in [0, 0.1) is 11.7 Å². The molecule has 0 radical (unpaired) electrons. The number of hydrogen-bond donors (Lipinski definition) is 2. The van der Waals surface area contributed by atoms with E-state index in [-0.39, 0.29) is 11.2 Å². The van der Waals surface area contributed by atoms with E-state index in [1.165, 1.54) is 33.9 Å². The number of nitrogens with one attached hydrogen (secondary N) is 1. The quantitative estimate of drug-likeness (QED) is 0.818. The summed E-state index contributed by atoms with van der Waals surface area (Å²) in [4.78, 5) is 37.1. The minimum atomic E-state index is -1.15. The van der Waals surface area contributed by atoms with Gasteiger partial charge in [0.25, 0.3) is 5.56 Å². The summed E-state index contributed by atoms with van der Waals surface area (Å²) in [5, 5.41) is 2.37. The van der Waals surface area contributed by atoms with Crippen LogP contribution >= 0.6 is 0 Å². The van der Waals surface area contributed by atoms with Gasteiger partial charge in [0, 0.05) is 30.9 Å². The van der Waals surface area contributed by atoms with Crippen molar-refractivity contribution in [2.24, 2.45) is 11.7 Å². The molecule has 9 heteroatoms. The Morgan fingerprint density at radius 3 is 2.71 bits per heavy atom. The van der Waals surface area contributed by atoms with Gasteiger partial charge >= 0.3 is 6.03 Å². The smallest absolute Gasteiger partial charge is 0.315 e. The minimum absolute atomic E-state index is 0.139. The van der Waals surface area contributed by atoms with E-state index in [9.17, 15) is 23.2 Å². The lowest BCUT2D eigenvalue weighted by molar-refractivity contribution is -0.121. The molecule has 1 aromatic heterocycles. The van der Waals surface area contributed by atoms with Gasteiger partial charge in [0.05, 0.1) is 17.3 Å². The number of aromatic nitrogens is 1. The number of primary amides is 1. The second kappa shape index (κ2) is 8.20. The van der Waals surface area contributed by atoms with E-state index >= 15 is 0 Å². The summed E-state index contributed by atoms with van der Waals surface area (Å²) in [6.45, 7) is -0.641. The van der Waals surface area contributed by atoms with Crippen molar-refractivity contribution < 1.29 is 18.4 Å². The number of anilines is 1. The summed E-state index contributed by atoms with van der Waals surface area (Å²) in [7, 11) is 0. The van der Waals surface area contributed by atoms with E-state index < -0.39 is 36.4 Å². The van der Waals surface area contributed by atoms with E-state index in [0.717, 1.165) is 6.07 Å². The molecule has 1 unspecified atom stereocenters. The standard InChI is InChI=1S/C19H20F2N4O3/c20-11-13(16-4-3-9-25(16)19(22)28)18(27)23-15-7-6-12(10-14(15)21)24-8-2-1-5-17(24)26/h1-2,5-8,10,13,16H,3-4,9,11H2,(H2,22,28)(H,23,27)/t13?,16-/m0/s1. The van der Waals surface area contributed by atoms with E-state index in [0.29, 0.717) is 25.1 Å². The maximum absolute atomic E-state index is 14.5. The van der Waals surface area contributed by atoms with Crippen molar-refractivity contribution in [3.8, 4) is 5.69 Å². The fraction of sp³-hybridized carbons (Fsp3) is 0.316. The van der Waals surface area contributed by atoms with Gasteiger partial charge in [-0.2, -0.15) is 0 Å². The molecule has 0 spiro atoms. The summed E-state index contributed by atoms with van der Waals surface area (Å²) < 4.78 is 29.3. The van der Waals surface area contributed by atoms with Gasteiger partial charge in [-0.15, -0.1) is 0 Å². The summed E-state index contributed by atoms with van der Waals surface area (Å²) in [6.07, 6.45) is 2.56. The molecule has 3 rings (SSSR count). The molecular formula is C19H20F2N4O3. The highest BCUT2D eigenvalue weighted by Crippen LogP contribution is 2.26. The molecule has 2 heterocycles. The highest BCUT2D eigenvalue weighted by atomic mass is 19.1. The molecule has 0 saturated carbocycles. The maximum atomic E-state index is 14.5. The maximum Gasteiger partial charge on any atom is 0.315 e. The first-order chi connectivity index (χ1) is 13.4. The number of alkyl halides is 1. The van der Waals surface area contributed by atoms with Crippen LogP contribution < -0.4 is 16.6 Å². The van der Waals surface area contributed by atoms with Crippen LogP contribution in [0.15, 0.2) is 47.4 Å². The van der Waals surface area contributed by atoms with Gasteiger partial charge in [-0.1, -0.05) is 6.07 Å². The number of rotatable bonds is 5. The van der Waals surface area contributed by atoms with Crippen molar-refractivity contribution in [2.75, 3.05) is 18.5 Å². The van der Waals surface area contributed by atoms with Crippen molar-refractivity contribution in [1.29, 1.82) is 0 Å². The molecule has 0 aliphatic carbocycles. The third kappa shape index (κ3) is 3.88. The Labute approximate surface area is 159 Å². The fourth-order valence-electron chi connectivity index (χ4n) is 3.45. The normalized spacial score (nSPS) is 17.4. The molecule has 1 aromatic carbocycles. The Bertz CT molecular complexity index is 947. The predicted molar refractivity (Wildman–Crippen MR) is 99.4 cm³/mol. The van der Waals surface area contributed by atoms with Gasteiger partial charge in [0.15, 0.2) is 0 Å². The fourth-order valence-corrected chi connectivity index (χ4v) is 3.45. The van der Waals surface area contributed by atoms with Gasteiger partial charge in [-0.25, -0.2) is 9.18 Å². The number of urea groups is 1. The number of nitrogens with zero attached hydrogens (tertiary/aromatic N) is 2. The van der Waals surface area contributed by atoms with Crippen molar-refractivity contribution in [2.45, 2.75) is 18.9 Å². The summed E-state index contributed by atoms with van der Waals surface area (Å²) in [5.41, 5.74) is 5.11. The number of amides is 3. The third-order valence-corrected chi connectivity index (χ3v) is 4.86. The van der Waals surface area contributed by atoms with Gasteiger partial charge in [-0.3, -0.25) is 18.5 Å². The lowest BCUT2D eigenvalue weighted by Crippen LogP contribution is -2.47. The van der Waals surface area contributed by atoms with Crippen molar-refractivity contribution in [1.82, 2.24) is 9.47 Å². The largest absolute Gasteiger partial charge is 0.351 e. The molecule has 1 aliphatic rings. The number of carbonyl (C=O) groups excluding carboxylic acids is 2. The van der Waals surface area contributed by atoms with E-state index in [2.05, 4.69) is 5.32 Å². The molecule has 2 atom stereocenters. The van der Waals surface area contributed by atoms with Gasteiger partial charge in [0.2, 0.25) is 5.91 Å². The first-order valence-corrected chi connectivity index (χ1v) is 8.83. The monoisotopic (exact) mass is 390 g/mol. The Hall–Kier alpha value is -3.23. The Balaban J connectivity index is 1.79. The molecule has 7 nitrogen and oxygen atoms in total. The molecular weight excluding hydrogens is 370 g/mol. The minimum Gasteiger partial charge on any atom is -0.351 e. The Morgan fingerprint density at radius 1 is 1.29 bits per heavy atom. The van der Waals surface area contributed by atoms with Crippen molar-refractivity contribution in [3.63, 3.8) is 0 Å². The number of hydrogen-bond acceptors (Lipinski definition) is 3. The zero-order valence-corrected chi connectivity index (χ0v) is 15.0. The highest BCUT2D eigenvalue weighted by Gasteiger charge is 2.38. The molecule has 2 aromatic rings. The number of pyridine rings is 1. The van der Waals surface area contributed by atoms with Crippen LogP contribution in [0.25, 0.3) is 5.69 Å². The molecule has 1 saturated heterocycles. The molecule has 1 aliphatic heterocycles. The third-order valence-electron chi connectivity index (χ3n) is 4.86. The van der Waals surface area contributed by atoms with Gasteiger partial charge in [-0.05, 0) is 31.0 Å². The van der Waals surface area contributed by atoms with E-state index in [1.54, 1.807) is 12.1 Å². The zero-order chi connectivity index (χ0) is 20.3. The molecule has 3 N–H and O–H groups in total. The van der Waals surface area contributed by atoms with Crippen molar-refractivity contribution in [3.05, 3.63) is 58.8 Å². The second-order valence-electron chi connectivity index (χ2n) is 6.56.